The van der Waals surface area contributed by atoms with E-state index in [4.69, 9.17) is 10.5 Å². The van der Waals surface area contributed by atoms with E-state index in [-0.39, 0.29) is 23.7 Å². The zero-order chi connectivity index (χ0) is 25.3. The number of hydrogen-bond acceptors (Lipinski definition) is 6. The van der Waals surface area contributed by atoms with Crippen molar-refractivity contribution in [2.75, 3.05) is 11.5 Å². The minimum absolute atomic E-state index is 0.0143. The predicted octanol–water partition coefficient (Wildman–Crippen LogP) is 4.79. The number of Topliss-reactive ketones (excluding diaryl/α,β-unsaturated/α-hetero) is 1. The third kappa shape index (κ3) is 4.70. The lowest BCUT2D eigenvalue weighted by atomic mass is 9.82. The molecule has 7 nitrogen and oxygen atoms in total. The minimum Gasteiger partial charge on any atom is -0.503 e. The lowest BCUT2D eigenvalue weighted by Crippen LogP contribution is -2.33. The molecule has 4 rings (SSSR count). The molecular weight excluding hydrogens is 464 g/mol. The van der Waals surface area contributed by atoms with Gasteiger partial charge in [0.2, 0.25) is 0 Å². The van der Waals surface area contributed by atoms with Crippen molar-refractivity contribution in [3.05, 3.63) is 82.3 Å². The van der Waals surface area contributed by atoms with E-state index in [9.17, 15) is 19.5 Å². The first-order chi connectivity index (χ1) is 16.6. The zero-order valence-electron chi connectivity index (χ0n) is 19.6. The Morgan fingerprint density at radius 3 is 2.34 bits per heavy atom. The summed E-state index contributed by atoms with van der Waals surface area (Å²) in [7, 11) is 0. The molecule has 3 N–H and O–H groups in total. The summed E-state index contributed by atoms with van der Waals surface area (Å²) >= 11 is 1.59. The van der Waals surface area contributed by atoms with Crippen LogP contribution in [-0.4, -0.2) is 29.3 Å². The van der Waals surface area contributed by atoms with Crippen molar-refractivity contribution in [1.29, 1.82) is 0 Å². The number of aliphatic hydroxyl groups is 1. The van der Waals surface area contributed by atoms with Crippen LogP contribution in [0, 0.1) is 5.41 Å². The molecule has 8 heteroatoms. The molecule has 35 heavy (non-hydrogen) atoms. The van der Waals surface area contributed by atoms with Crippen LogP contribution in [0.1, 0.15) is 32.4 Å². The van der Waals surface area contributed by atoms with Gasteiger partial charge in [-0.25, -0.2) is 0 Å². The smallest absolute Gasteiger partial charge is 0.294 e. The van der Waals surface area contributed by atoms with E-state index in [1.807, 2.05) is 29.0 Å². The number of primary amides is 1. The third-order valence-electron chi connectivity index (χ3n) is 5.72. The number of ether oxygens (including phenoxy) is 1. The highest BCUT2D eigenvalue weighted by Crippen LogP contribution is 2.46. The maximum Gasteiger partial charge on any atom is 0.294 e. The minimum atomic E-state index is -0.953. The molecule has 0 aliphatic carbocycles. The lowest BCUT2D eigenvalue weighted by molar-refractivity contribution is -0.123. The Labute approximate surface area is 207 Å². The Bertz CT molecular complexity index is 1300. The fraction of sp³-hybridized carbons (Fsp3) is 0.222. The number of anilines is 1. The number of aliphatic hydroxyl groups excluding tert-OH is 1. The van der Waals surface area contributed by atoms with Gasteiger partial charge in [0.15, 0.2) is 18.1 Å². The van der Waals surface area contributed by atoms with E-state index < -0.39 is 29.0 Å². The molecule has 1 aromatic heterocycles. The molecule has 0 fully saturated rings. The summed E-state index contributed by atoms with van der Waals surface area (Å²) in [6, 6.07) is 15.2. The number of carbonyl (C=O) groups excluding carboxylic acids is 3. The van der Waals surface area contributed by atoms with Crippen LogP contribution in [0.25, 0.3) is 11.1 Å². The van der Waals surface area contributed by atoms with Crippen molar-refractivity contribution in [3.8, 4) is 16.9 Å². The van der Waals surface area contributed by atoms with Crippen LogP contribution in [0.3, 0.4) is 0 Å². The lowest BCUT2D eigenvalue weighted by Gasteiger charge is -2.30. The molecule has 1 aliphatic rings. The Balaban J connectivity index is 1.85. The average Bonchev–Trinajstić information content (AvgIpc) is 3.44. The molecule has 1 unspecified atom stereocenters. The van der Waals surface area contributed by atoms with E-state index in [1.165, 1.54) is 4.90 Å². The quantitative estimate of drug-likeness (QED) is 0.495. The summed E-state index contributed by atoms with van der Waals surface area (Å²) < 4.78 is 5.62. The van der Waals surface area contributed by atoms with Crippen molar-refractivity contribution in [2.45, 2.75) is 26.8 Å². The highest BCUT2D eigenvalue weighted by Gasteiger charge is 2.47. The van der Waals surface area contributed by atoms with Gasteiger partial charge in [0.1, 0.15) is 5.75 Å². The number of hydrogen-bond donors (Lipinski definition) is 2. The molecule has 0 spiro atoms. The standard InChI is InChI=1S/C27H26N2O5S/c1-27(2,3)25(32)22-23(19-6-4-5-7-20(19)34-14-21(28)30)29(26(33)24(22)31)18-10-8-16(9-11-18)17-12-13-35-15-17/h4-13,15,23,31H,14H2,1-3H3,(H2,28,30). The van der Waals surface area contributed by atoms with Gasteiger partial charge in [-0.05, 0) is 46.2 Å². The number of thiophene rings is 1. The van der Waals surface area contributed by atoms with Gasteiger partial charge in [0, 0.05) is 16.7 Å². The van der Waals surface area contributed by atoms with Crippen LogP contribution in [0.4, 0.5) is 5.69 Å². The van der Waals surface area contributed by atoms with E-state index in [1.54, 1.807) is 68.5 Å². The normalized spacial score (nSPS) is 16.0. The van der Waals surface area contributed by atoms with E-state index in [0.717, 1.165) is 11.1 Å². The fourth-order valence-electron chi connectivity index (χ4n) is 4.03. The van der Waals surface area contributed by atoms with Gasteiger partial charge in [0.05, 0.1) is 11.6 Å². The summed E-state index contributed by atoms with van der Waals surface area (Å²) in [4.78, 5) is 39.6. The largest absolute Gasteiger partial charge is 0.503 e. The third-order valence-corrected chi connectivity index (χ3v) is 6.40. The molecule has 2 amide bonds. The monoisotopic (exact) mass is 490 g/mol. The second kappa shape index (κ2) is 9.38. The van der Waals surface area contributed by atoms with Crippen LogP contribution in [0.15, 0.2) is 76.7 Å². The first-order valence-corrected chi connectivity index (χ1v) is 12.0. The molecule has 0 radical (unpaired) electrons. The van der Waals surface area contributed by atoms with E-state index in [2.05, 4.69) is 0 Å². The summed E-state index contributed by atoms with van der Waals surface area (Å²) in [6.07, 6.45) is 0. The molecule has 2 heterocycles. The number of amides is 2. The first-order valence-electron chi connectivity index (χ1n) is 11.0. The van der Waals surface area contributed by atoms with Crippen molar-refractivity contribution in [2.24, 2.45) is 11.1 Å². The second-order valence-corrected chi connectivity index (χ2v) is 10.1. The summed E-state index contributed by atoms with van der Waals surface area (Å²) in [6.45, 7) is 4.81. The number of carbonyl (C=O) groups is 3. The van der Waals surface area contributed by atoms with E-state index in [0.29, 0.717) is 11.3 Å². The van der Waals surface area contributed by atoms with E-state index >= 15 is 0 Å². The van der Waals surface area contributed by atoms with Crippen molar-refractivity contribution in [1.82, 2.24) is 0 Å². The predicted molar refractivity (Wildman–Crippen MR) is 135 cm³/mol. The van der Waals surface area contributed by atoms with Gasteiger partial charge < -0.3 is 15.6 Å². The van der Waals surface area contributed by atoms with Gasteiger partial charge in [-0.3, -0.25) is 19.3 Å². The second-order valence-electron chi connectivity index (χ2n) is 9.27. The molecule has 2 aromatic carbocycles. The number of ketones is 1. The number of benzene rings is 2. The Hall–Kier alpha value is -3.91. The van der Waals surface area contributed by atoms with Gasteiger partial charge in [-0.2, -0.15) is 11.3 Å². The number of nitrogens with zero attached hydrogens (tertiary/aromatic N) is 1. The van der Waals surface area contributed by atoms with Crippen LogP contribution >= 0.6 is 11.3 Å². The molecule has 0 saturated carbocycles. The number of nitrogens with two attached hydrogens (primary N) is 1. The molecule has 3 aromatic rings. The van der Waals surface area contributed by atoms with Gasteiger partial charge in [-0.1, -0.05) is 51.1 Å². The molecular formula is C27H26N2O5S. The molecule has 1 aliphatic heterocycles. The summed E-state index contributed by atoms with van der Waals surface area (Å²) in [5.41, 5.74) is 7.39. The Morgan fingerprint density at radius 2 is 1.74 bits per heavy atom. The van der Waals surface area contributed by atoms with Crippen LogP contribution in [0.2, 0.25) is 0 Å². The summed E-state index contributed by atoms with van der Waals surface area (Å²) in [5, 5.41) is 14.9. The molecule has 1 atom stereocenters. The average molecular weight is 491 g/mol. The maximum absolute atomic E-state index is 13.5. The van der Waals surface area contributed by atoms with Crippen molar-refractivity contribution < 1.29 is 24.2 Å². The SMILES string of the molecule is CC(C)(C)C(=O)C1=C(O)C(=O)N(c2ccc(-c3ccsc3)cc2)C1c1ccccc1OCC(N)=O. The summed E-state index contributed by atoms with van der Waals surface area (Å²) in [5.74, 6) is -2.02. The number of rotatable bonds is 7. The highest BCUT2D eigenvalue weighted by atomic mass is 32.1. The zero-order valence-corrected chi connectivity index (χ0v) is 20.5. The van der Waals surface area contributed by atoms with Crippen LogP contribution < -0.4 is 15.4 Å². The Kier molecular flexibility index (Phi) is 6.49. The van der Waals surface area contributed by atoms with Gasteiger partial charge in [-0.15, -0.1) is 0 Å². The van der Waals surface area contributed by atoms with Gasteiger partial charge >= 0.3 is 0 Å². The van der Waals surface area contributed by atoms with Crippen LogP contribution in [-0.2, 0) is 14.4 Å². The number of para-hydroxylation sites is 1. The first kappa shape index (κ1) is 24.2. The van der Waals surface area contributed by atoms with Gasteiger partial charge in [0.25, 0.3) is 11.8 Å². The molecule has 180 valence electrons. The topological polar surface area (TPSA) is 110 Å². The molecule has 0 bridgehead atoms. The fourth-order valence-corrected chi connectivity index (χ4v) is 4.70. The van der Waals surface area contributed by atoms with Crippen molar-refractivity contribution in [3.63, 3.8) is 0 Å². The molecule has 0 saturated heterocycles. The van der Waals surface area contributed by atoms with Crippen LogP contribution in [0.5, 0.6) is 5.75 Å². The highest BCUT2D eigenvalue weighted by molar-refractivity contribution is 7.08. The Morgan fingerprint density at radius 1 is 1.06 bits per heavy atom. The maximum atomic E-state index is 13.5. The van der Waals surface area contributed by atoms with Crippen molar-refractivity contribution >= 4 is 34.6 Å².